The number of nitrogen functional groups attached to an aromatic ring is 1. The summed E-state index contributed by atoms with van der Waals surface area (Å²) in [4.78, 5) is 7.75. The van der Waals surface area contributed by atoms with Crippen molar-refractivity contribution in [1.29, 1.82) is 0 Å². The van der Waals surface area contributed by atoms with Gasteiger partial charge in [0.2, 0.25) is 0 Å². The van der Waals surface area contributed by atoms with Crippen molar-refractivity contribution in [2.24, 2.45) is 0 Å². The molecule has 0 aromatic carbocycles. The Labute approximate surface area is 88.8 Å². The summed E-state index contributed by atoms with van der Waals surface area (Å²) in [5.74, 6) is 1.02. The summed E-state index contributed by atoms with van der Waals surface area (Å²) in [6.45, 7) is 1.93. The van der Waals surface area contributed by atoms with E-state index in [4.69, 9.17) is 5.73 Å². The Hall–Kier alpha value is -1.37. The molecule has 1 rings (SSSR count). The molecule has 1 heterocycles. The molecule has 0 spiro atoms. The number of rotatable bonds is 5. The molecule has 15 heavy (non-hydrogen) atoms. The van der Waals surface area contributed by atoms with Crippen LogP contribution in [0.5, 0.6) is 0 Å². The van der Waals surface area contributed by atoms with Crippen LogP contribution >= 0.6 is 0 Å². The Bertz CT molecular complexity index is 418. The summed E-state index contributed by atoms with van der Waals surface area (Å²) in [5, 5.41) is 2.84. The number of nitrogens with one attached hydrogen (secondary N) is 1. The van der Waals surface area contributed by atoms with Gasteiger partial charge < -0.3 is 11.1 Å². The van der Waals surface area contributed by atoms with Crippen molar-refractivity contribution < 1.29 is 8.42 Å². The fraction of sp³-hybridized carbons (Fsp3) is 0.500. The maximum Gasteiger partial charge on any atom is 0.151 e. The summed E-state index contributed by atoms with van der Waals surface area (Å²) in [6.07, 6.45) is 2.92. The Morgan fingerprint density at radius 2 is 2.20 bits per heavy atom. The molecule has 0 saturated carbocycles. The van der Waals surface area contributed by atoms with E-state index in [2.05, 4.69) is 15.3 Å². The molecular weight excluding hydrogens is 216 g/mol. The van der Waals surface area contributed by atoms with Crippen LogP contribution in [0.3, 0.4) is 0 Å². The molecule has 0 aliphatic carbocycles. The van der Waals surface area contributed by atoms with Crippen LogP contribution in [0.4, 0.5) is 11.6 Å². The minimum Gasteiger partial charge on any atom is -0.382 e. The third-order valence-corrected chi connectivity index (χ3v) is 3.52. The van der Waals surface area contributed by atoms with Crippen molar-refractivity contribution in [1.82, 2.24) is 9.97 Å². The predicted octanol–water partition coefficient (Wildman–Crippen LogP) is -0.0946. The highest BCUT2D eigenvalue weighted by Gasteiger charge is 2.06. The second-order valence-corrected chi connectivity index (χ2v) is 5.47. The van der Waals surface area contributed by atoms with Crippen LogP contribution in [-0.2, 0) is 9.84 Å². The lowest BCUT2D eigenvalue weighted by Crippen LogP contribution is -2.17. The monoisotopic (exact) mass is 230 g/mol. The molecule has 0 aliphatic rings. The van der Waals surface area contributed by atoms with Crippen molar-refractivity contribution in [3.63, 3.8) is 0 Å². The van der Waals surface area contributed by atoms with Crippen LogP contribution in [0, 0.1) is 0 Å². The van der Waals surface area contributed by atoms with Gasteiger partial charge in [-0.1, -0.05) is 6.92 Å². The Morgan fingerprint density at radius 1 is 1.47 bits per heavy atom. The molecule has 0 fully saturated rings. The van der Waals surface area contributed by atoms with E-state index >= 15 is 0 Å². The zero-order valence-electron chi connectivity index (χ0n) is 8.47. The third-order valence-electron chi connectivity index (χ3n) is 1.81. The summed E-state index contributed by atoms with van der Waals surface area (Å²) in [7, 11) is -2.94. The lowest BCUT2D eigenvalue weighted by Gasteiger charge is -2.05. The number of nitrogens with zero attached hydrogens (tertiary/aromatic N) is 2. The van der Waals surface area contributed by atoms with Gasteiger partial charge in [0.05, 0.1) is 18.1 Å². The Morgan fingerprint density at radius 3 is 2.80 bits per heavy atom. The standard InChI is InChI=1S/C8H14N4O2S/c1-2-15(13,14)4-3-11-8-6-10-5-7(9)12-8/h5-6H,2-4H2,1H3,(H3,9,11,12). The van der Waals surface area contributed by atoms with E-state index in [1.807, 2.05) is 0 Å². The molecule has 3 N–H and O–H groups in total. The molecule has 1 aromatic rings. The summed E-state index contributed by atoms with van der Waals surface area (Å²) in [6, 6.07) is 0. The average molecular weight is 230 g/mol. The normalized spacial score (nSPS) is 11.3. The first-order valence-electron chi connectivity index (χ1n) is 4.55. The molecule has 0 atom stereocenters. The maximum atomic E-state index is 11.2. The minimum absolute atomic E-state index is 0.0833. The third kappa shape index (κ3) is 4.11. The molecule has 0 radical (unpaired) electrons. The molecule has 0 bridgehead atoms. The second kappa shape index (κ2) is 4.92. The molecule has 0 amide bonds. The Kier molecular flexibility index (Phi) is 3.84. The first-order valence-corrected chi connectivity index (χ1v) is 6.37. The lowest BCUT2D eigenvalue weighted by molar-refractivity contribution is 0.597. The second-order valence-electron chi connectivity index (χ2n) is 2.99. The topological polar surface area (TPSA) is 98.0 Å². The molecule has 0 aliphatic heterocycles. The van der Waals surface area contributed by atoms with Crippen LogP contribution in [-0.4, -0.2) is 36.4 Å². The van der Waals surface area contributed by atoms with Gasteiger partial charge in [-0.05, 0) is 0 Å². The highest BCUT2D eigenvalue weighted by Crippen LogP contribution is 2.02. The molecule has 7 heteroatoms. The maximum absolute atomic E-state index is 11.2. The minimum atomic E-state index is -2.94. The van der Waals surface area contributed by atoms with Crippen LogP contribution in [0.15, 0.2) is 12.4 Å². The summed E-state index contributed by atoms with van der Waals surface area (Å²) >= 11 is 0. The number of aromatic nitrogens is 2. The van der Waals surface area contributed by atoms with Gasteiger partial charge in [-0.25, -0.2) is 13.4 Å². The summed E-state index contributed by atoms with van der Waals surface area (Å²) < 4.78 is 22.3. The molecule has 84 valence electrons. The smallest absolute Gasteiger partial charge is 0.151 e. The van der Waals surface area contributed by atoms with Crippen LogP contribution in [0.2, 0.25) is 0 Å². The lowest BCUT2D eigenvalue weighted by atomic mass is 10.6. The zero-order valence-corrected chi connectivity index (χ0v) is 9.29. The van der Waals surface area contributed by atoms with Crippen molar-refractivity contribution in [3.05, 3.63) is 12.4 Å². The fourth-order valence-electron chi connectivity index (χ4n) is 0.945. The number of sulfone groups is 1. The van der Waals surface area contributed by atoms with E-state index in [0.717, 1.165) is 0 Å². The average Bonchev–Trinajstić information content (AvgIpc) is 2.18. The quantitative estimate of drug-likeness (QED) is 0.733. The molecular formula is C8H14N4O2S. The van der Waals surface area contributed by atoms with E-state index in [-0.39, 0.29) is 11.5 Å². The highest BCUT2D eigenvalue weighted by molar-refractivity contribution is 7.91. The first kappa shape index (κ1) is 11.7. The molecule has 0 saturated heterocycles. The van der Waals surface area contributed by atoms with Crippen molar-refractivity contribution >= 4 is 21.5 Å². The van der Waals surface area contributed by atoms with E-state index in [0.29, 0.717) is 18.2 Å². The number of hydrogen-bond donors (Lipinski definition) is 2. The zero-order chi connectivity index (χ0) is 11.3. The van der Waals surface area contributed by atoms with Gasteiger partial charge in [-0.3, -0.25) is 4.98 Å². The van der Waals surface area contributed by atoms with E-state index < -0.39 is 9.84 Å². The van der Waals surface area contributed by atoms with Gasteiger partial charge in [-0.15, -0.1) is 0 Å². The molecule has 1 aromatic heterocycles. The Balaban J connectivity index is 2.45. The largest absolute Gasteiger partial charge is 0.382 e. The van der Waals surface area contributed by atoms with Gasteiger partial charge in [0.25, 0.3) is 0 Å². The fourth-order valence-corrected chi connectivity index (χ4v) is 1.65. The van der Waals surface area contributed by atoms with Crippen LogP contribution in [0.1, 0.15) is 6.92 Å². The van der Waals surface area contributed by atoms with Gasteiger partial charge in [-0.2, -0.15) is 0 Å². The SMILES string of the molecule is CCS(=O)(=O)CCNc1cncc(N)n1. The predicted molar refractivity (Wildman–Crippen MR) is 59.3 cm³/mol. The van der Waals surface area contributed by atoms with E-state index in [1.165, 1.54) is 12.4 Å². The van der Waals surface area contributed by atoms with E-state index in [1.54, 1.807) is 6.92 Å². The van der Waals surface area contributed by atoms with Crippen molar-refractivity contribution in [3.8, 4) is 0 Å². The van der Waals surface area contributed by atoms with Gasteiger partial charge in [0, 0.05) is 12.3 Å². The van der Waals surface area contributed by atoms with Crippen LogP contribution < -0.4 is 11.1 Å². The first-order chi connectivity index (χ1) is 7.03. The molecule has 0 unspecified atom stereocenters. The van der Waals surface area contributed by atoms with Crippen molar-refractivity contribution in [2.45, 2.75) is 6.92 Å². The van der Waals surface area contributed by atoms with E-state index in [9.17, 15) is 8.42 Å². The van der Waals surface area contributed by atoms with Gasteiger partial charge in [0.1, 0.15) is 11.6 Å². The van der Waals surface area contributed by atoms with Crippen molar-refractivity contribution in [2.75, 3.05) is 29.1 Å². The molecule has 6 nitrogen and oxygen atoms in total. The summed E-state index contributed by atoms with van der Waals surface area (Å²) in [5.41, 5.74) is 5.41. The van der Waals surface area contributed by atoms with Crippen LogP contribution in [0.25, 0.3) is 0 Å². The van der Waals surface area contributed by atoms with Gasteiger partial charge >= 0.3 is 0 Å². The number of nitrogens with two attached hydrogens (primary N) is 1. The number of hydrogen-bond acceptors (Lipinski definition) is 6. The highest BCUT2D eigenvalue weighted by atomic mass is 32.2. The van der Waals surface area contributed by atoms with Gasteiger partial charge in [0.15, 0.2) is 9.84 Å². The number of anilines is 2.